The summed E-state index contributed by atoms with van der Waals surface area (Å²) in [5.74, 6) is 0.290. The van der Waals surface area contributed by atoms with Gasteiger partial charge in [0.2, 0.25) is 0 Å². The first-order chi connectivity index (χ1) is 5.57. The molecule has 70 valence electrons. The lowest BCUT2D eigenvalue weighted by atomic mass is 10.0. The highest BCUT2D eigenvalue weighted by molar-refractivity contribution is 5.75. The van der Waals surface area contributed by atoms with Crippen LogP contribution in [0.5, 0.6) is 0 Å². The second-order valence-corrected chi connectivity index (χ2v) is 3.51. The normalized spacial score (nSPS) is 12.7. The van der Waals surface area contributed by atoms with Crippen LogP contribution in [-0.2, 0) is 4.79 Å². The van der Waals surface area contributed by atoms with Crippen LogP contribution in [0.1, 0.15) is 53.4 Å². The smallest absolute Gasteiger partial charge is 0.130 e. The van der Waals surface area contributed by atoms with Gasteiger partial charge in [-0.3, -0.25) is 0 Å². The fourth-order valence-corrected chi connectivity index (χ4v) is 1.17. The molecule has 0 heterocycles. The Bertz CT molecular complexity index is 177. The highest BCUT2D eigenvalue weighted by atomic mass is 16.1. The average molecular weight is 168 g/mol. The van der Waals surface area contributed by atoms with Gasteiger partial charge in [-0.25, -0.2) is 0 Å². The molecule has 0 aliphatic rings. The number of carbonyl (C=O) groups excluding carboxylic acids is 1. The van der Waals surface area contributed by atoms with Gasteiger partial charge in [0.05, 0.1) is 0 Å². The summed E-state index contributed by atoms with van der Waals surface area (Å²) < 4.78 is 0. The molecule has 12 heavy (non-hydrogen) atoms. The van der Waals surface area contributed by atoms with Gasteiger partial charge in [0.1, 0.15) is 5.78 Å². The summed E-state index contributed by atoms with van der Waals surface area (Å²) in [6, 6.07) is 0. The van der Waals surface area contributed by atoms with Gasteiger partial charge < -0.3 is 4.79 Å². The second kappa shape index (κ2) is 5.99. The van der Waals surface area contributed by atoms with Crippen molar-refractivity contribution in [1.82, 2.24) is 0 Å². The molecule has 0 saturated carbocycles. The van der Waals surface area contributed by atoms with E-state index >= 15 is 0 Å². The molecule has 0 aliphatic carbocycles. The summed E-state index contributed by atoms with van der Waals surface area (Å²) in [6.45, 7) is 8.14. The molecule has 0 saturated heterocycles. The molecule has 1 heteroatoms. The third kappa shape index (κ3) is 5.11. The molecule has 0 bridgehead atoms. The van der Waals surface area contributed by atoms with Crippen LogP contribution in [-0.4, -0.2) is 5.78 Å². The second-order valence-electron chi connectivity index (χ2n) is 3.51. The number of rotatable bonds is 5. The molecule has 0 aromatic heterocycles. The Hall–Kier alpha value is -0.590. The van der Waals surface area contributed by atoms with Crippen molar-refractivity contribution >= 4 is 5.78 Å². The standard InChI is InChI=1S/C11H20O/c1-5-6-9(2)10(3)7-8-11(4)12/h5-8H2,1-4H3/b10-9+. The van der Waals surface area contributed by atoms with Crippen LogP contribution < -0.4 is 0 Å². The van der Waals surface area contributed by atoms with Crippen LogP contribution in [0.15, 0.2) is 11.1 Å². The summed E-state index contributed by atoms with van der Waals surface area (Å²) >= 11 is 0. The first-order valence-electron chi connectivity index (χ1n) is 4.72. The van der Waals surface area contributed by atoms with E-state index in [0.717, 1.165) is 6.42 Å². The maximum absolute atomic E-state index is 10.7. The molecule has 0 aromatic rings. The number of hydrogen-bond donors (Lipinski definition) is 0. The molecular weight excluding hydrogens is 148 g/mol. The quantitative estimate of drug-likeness (QED) is 0.574. The number of ketones is 1. The van der Waals surface area contributed by atoms with E-state index in [1.165, 1.54) is 24.0 Å². The van der Waals surface area contributed by atoms with Gasteiger partial charge in [-0.2, -0.15) is 0 Å². The van der Waals surface area contributed by atoms with Crippen molar-refractivity contribution in [2.75, 3.05) is 0 Å². The SMILES string of the molecule is CCC/C(C)=C(\C)CCC(C)=O. The van der Waals surface area contributed by atoms with Gasteiger partial charge in [-0.1, -0.05) is 24.5 Å². The van der Waals surface area contributed by atoms with Crippen LogP contribution in [0.4, 0.5) is 0 Å². The molecule has 1 nitrogen and oxygen atoms in total. The first-order valence-corrected chi connectivity index (χ1v) is 4.72. The lowest BCUT2D eigenvalue weighted by Crippen LogP contribution is -1.92. The van der Waals surface area contributed by atoms with Crippen molar-refractivity contribution in [2.24, 2.45) is 0 Å². The fraction of sp³-hybridized carbons (Fsp3) is 0.727. The predicted octanol–water partition coefficient (Wildman–Crippen LogP) is 3.49. The van der Waals surface area contributed by atoms with Gasteiger partial charge in [-0.15, -0.1) is 0 Å². The molecule has 0 rings (SSSR count). The Morgan fingerprint density at radius 2 is 1.42 bits per heavy atom. The molecule has 0 radical (unpaired) electrons. The van der Waals surface area contributed by atoms with Crippen LogP contribution in [0.3, 0.4) is 0 Å². The Kier molecular flexibility index (Phi) is 5.69. The lowest BCUT2D eigenvalue weighted by Gasteiger charge is -2.04. The number of allylic oxidation sites excluding steroid dienone is 2. The molecule has 0 spiro atoms. The third-order valence-electron chi connectivity index (χ3n) is 2.21. The predicted molar refractivity (Wildman–Crippen MR) is 53.2 cm³/mol. The Morgan fingerprint density at radius 3 is 1.83 bits per heavy atom. The molecular formula is C11H20O. The Labute approximate surface area is 75.9 Å². The molecule has 0 aromatic carbocycles. The highest BCUT2D eigenvalue weighted by Gasteiger charge is 1.98. The van der Waals surface area contributed by atoms with E-state index in [1.807, 2.05) is 0 Å². The fourth-order valence-electron chi connectivity index (χ4n) is 1.17. The van der Waals surface area contributed by atoms with Gasteiger partial charge in [-0.05, 0) is 33.6 Å². The summed E-state index contributed by atoms with van der Waals surface area (Å²) in [7, 11) is 0. The van der Waals surface area contributed by atoms with Crippen molar-refractivity contribution in [2.45, 2.75) is 53.4 Å². The van der Waals surface area contributed by atoms with Gasteiger partial charge in [0, 0.05) is 6.42 Å². The van der Waals surface area contributed by atoms with Crippen LogP contribution in [0.25, 0.3) is 0 Å². The maximum atomic E-state index is 10.7. The molecule has 0 unspecified atom stereocenters. The number of hydrogen-bond acceptors (Lipinski definition) is 1. The molecule has 0 aliphatic heterocycles. The molecule has 0 atom stereocenters. The van der Waals surface area contributed by atoms with E-state index in [-0.39, 0.29) is 0 Å². The first kappa shape index (κ1) is 11.4. The van der Waals surface area contributed by atoms with Crippen molar-refractivity contribution < 1.29 is 4.79 Å². The van der Waals surface area contributed by atoms with E-state index in [2.05, 4.69) is 20.8 Å². The van der Waals surface area contributed by atoms with Crippen LogP contribution in [0.2, 0.25) is 0 Å². The highest BCUT2D eigenvalue weighted by Crippen LogP contribution is 2.14. The van der Waals surface area contributed by atoms with Crippen LogP contribution in [0, 0.1) is 0 Å². The number of carbonyl (C=O) groups is 1. The maximum Gasteiger partial charge on any atom is 0.130 e. The van der Waals surface area contributed by atoms with Gasteiger partial charge in [0.15, 0.2) is 0 Å². The minimum Gasteiger partial charge on any atom is -0.300 e. The van der Waals surface area contributed by atoms with Gasteiger partial charge in [0.25, 0.3) is 0 Å². The Balaban J connectivity index is 3.89. The largest absolute Gasteiger partial charge is 0.300 e. The zero-order valence-electron chi connectivity index (χ0n) is 8.74. The minimum absolute atomic E-state index is 0.290. The molecule has 0 fully saturated rings. The summed E-state index contributed by atoms with van der Waals surface area (Å²) in [6.07, 6.45) is 4.01. The molecule has 0 N–H and O–H groups in total. The zero-order chi connectivity index (χ0) is 9.56. The Morgan fingerprint density at radius 1 is 0.917 bits per heavy atom. The van der Waals surface area contributed by atoms with Crippen molar-refractivity contribution in [3.05, 3.63) is 11.1 Å². The summed E-state index contributed by atoms with van der Waals surface area (Å²) in [5.41, 5.74) is 2.85. The molecule has 0 amide bonds. The van der Waals surface area contributed by atoms with E-state index in [4.69, 9.17) is 0 Å². The zero-order valence-corrected chi connectivity index (χ0v) is 8.74. The topological polar surface area (TPSA) is 17.1 Å². The van der Waals surface area contributed by atoms with E-state index in [0.29, 0.717) is 12.2 Å². The van der Waals surface area contributed by atoms with Gasteiger partial charge >= 0.3 is 0 Å². The minimum atomic E-state index is 0.290. The monoisotopic (exact) mass is 168 g/mol. The third-order valence-corrected chi connectivity index (χ3v) is 2.21. The van der Waals surface area contributed by atoms with E-state index in [9.17, 15) is 4.79 Å². The van der Waals surface area contributed by atoms with E-state index < -0.39 is 0 Å². The van der Waals surface area contributed by atoms with E-state index in [1.54, 1.807) is 6.92 Å². The number of Topliss-reactive ketones (excluding diaryl/α,β-unsaturated/α-hetero) is 1. The van der Waals surface area contributed by atoms with Crippen molar-refractivity contribution in [3.63, 3.8) is 0 Å². The lowest BCUT2D eigenvalue weighted by molar-refractivity contribution is -0.116. The van der Waals surface area contributed by atoms with Crippen molar-refractivity contribution in [1.29, 1.82) is 0 Å². The van der Waals surface area contributed by atoms with Crippen molar-refractivity contribution in [3.8, 4) is 0 Å². The summed E-state index contributed by atoms with van der Waals surface area (Å²) in [5, 5.41) is 0. The van der Waals surface area contributed by atoms with Crippen LogP contribution >= 0.6 is 0 Å². The summed E-state index contributed by atoms with van der Waals surface area (Å²) in [4.78, 5) is 10.7. The average Bonchev–Trinajstić information content (AvgIpc) is 2.00.